The first-order chi connectivity index (χ1) is 13.7. The first kappa shape index (κ1) is 18.4. The lowest BCUT2D eigenvalue weighted by Crippen LogP contribution is -2.40. The number of carbonyl (C=O) groups excluding carboxylic acids is 2. The standard InChI is InChI=1S/C21H25N5O2/c1-2-20(27)22-18-13-25(12-16(18)15-8-4-3-5-9-15)21(28)14-26-19-11-7-6-10-17(19)23-24-26/h2-5,8-9,16,18H,1,6-7,10-14H2,(H,22,27)/t16-,18+/m0/s1. The third kappa shape index (κ3) is 3.69. The van der Waals surface area contributed by atoms with Crippen LogP contribution in [0.2, 0.25) is 0 Å². The van der Waals surface area contributed by atoms with E-state index in [2.05, 4.69) is 22.2 Å². The lowest BCUT2D eigenvalue weighted by atomic mass is 9.94. The molecule has 2 heterocycles. The Hall–Kier alpha value is -2.96. The number of nitrogens with one attached hydrogen (secondary N) is 1. The molecule has 0 bridgehead atoms. The highest BCUT2D eigenvalue weighted by molar-refractivity contribution is 5.87. The zero-order valence-corrected chi connectivity index (χ0v) is 15.9. The summed E-state index contributed by atoms with van der Waals surface area (Å²) in [7, 11) is 0. The number of likely N-dealkylation sites (tertiary alicyclic amines) is 1. The molecule has 1 aromatic heterocycles. The zero-order valence-electron chi connectivity index (χ0n) is 15.9. The maximum Gasteiger partial charge on any atom is 0.244 e. The number of carbonyl (C=O) groups is 2. The van der Waals surface area contributed by atoms with Crippen LogP contribution in [0.4, 0.5) is 0 Å². The van der Waals surface area contributed by atoms with Crippen LogP contribution in [-0.2, 0) is 29.0 Å². The average Bonchev–Trinajstić information content (AvgIpc) is 3.33. The van der Waals surface area contributed by atoms with Crippen LogP contribution in [0.5, 0.6) is 0 Å². The number of hydrogen-bond donors (Lipinski definition) is 1. The Kier molecular flexibility index (Phi) is 5.23. The number of fused-ring (bicyclic) bond motifs is 1. The normalized spacial score (nSPS) is 21.2. The molecule has 2 aliphatic rings. The monoisotopic (exact) mass is 379 g/mol. The zero-order chi connectivity index (χ0) is 19.5. The molecule has 0 saturated carbocycles. The summed E-state index contributed by atoms with van der Waals surface area (Å²) in [4.78, 5) is 26.7. The Bertz CT molecular complexity index is 876. The molecule has 1 aromatic carbocycles. The summed E-state index contributed by atoms with van der Waals surface area (Å²) in [6, 6.07) is 9.87. The van der Waals surface area contributed by atoms with Crippen LogP contribution in [0.15, 0.2) is 43.0 Å². The highest BCUT2D eigenvalue weighted by Gasteiger charge is 2.37. The minimum atomic E-state index is -0.217. The van der Waals surface area contributed by atoms with Gasteiger partial charge in [-0.2, -0.15) is 0 Å². The largest absolute Gasteiger partial charge is 0.347 e. The Morgan fingerprint density at radius 2 is 1.96 bits per heavy atom. The Labute approximate surface area is 164 Å². The van der Waals surface area contributed by atoms with Crippen LogP contribution in [0, 0.1) is 0 Å². The van der Waals surface area contributed by atoms with Gasteiger partial charge >= 0.3 is 0 Å². The maximum absolute atomic E-state index is 13.0. The highest BCUT2D eigenvalue weighted by atomic mass is 16.2. The fourth-order valence-electron chi connectivity index (χ4n) is 4.21. The van der Waals surface area contributed by atoms with E-state index in [1.807, 2.05) is 35.2 Å². The van der Waals surface area contributed by atoms with Crippen LogP contribution in [-0.4, -0.2) is 50.8 Å². The van der Waals surface area contributed by atoms with Gasteiger partial charge in [0.15, 0.2) is 0 Å². The smallest absolute Gasteiger partial charge is 0.244 e. The topological polar surface area (TPSA) is 80.1 Å². The van der Waals surface area contributed by atoms with Crippen LogP contribution < -0.4 is 5.32 Å². The Morgan fingerprint density at radius 3 is 2.75 bits per heavy atom. The van der Waals surface area contributed by atoms with Crippen LogP contribution >= 0.6 is 0 Å². The molecule has 1 aliphatic carbocycles. The van der Waals surface area contributed by atoms with Gasteiger partial charge in [0.1, 0.15) is 6.54 Å². The third-order valence-corrected chi connectivity index (χ3v) is 5.69. The number of rotatable bonds is 5. The van der Waals surface area contributed by atoms with E-state index in [9.17, 15) is 9.59 Å². The molecule has 7 heteroatoms. The van der Waals surface area contributed by atoms with E-state index in [-0.39, 0.29) is 30.3 Å². The van der Waals surface area contributed by atoms with Gasteiger partial charge in [0.25, 0.3) is 0 Å². The average molecular weight is 379 g/mol. The molecule has 1 aliphatic heterocycles. The summed E-state index contributed by atoms with van der Waals surface area (Å²) >= 11 is 0. The fraction of sp³-hybridized carbons (Fsp3) is 0.429. The second kappa shape index (κ2) is 7.96. The summed E-state index contributed by atoms with van der Waals surface area (Å²) in [6.45, 7) is 4.79. The van der Waals surface area contributed by atoms with Gasteiger partial charge < -0.3 is 10.2 Å². The van der Waals surface area contributed by atoms with Gasteiger partial charge in [0, 0.05) is 19.0 Å². The molecule has 0 spiro atoms. The molecule has 0 unspecified atom stereocenters. The predicted octanol–water partition coefficient (Wildman–Crippen LogP) is 1.45. The maximum atomic E-state index is 13.0. The van der Waals surface area contributed by atoms with Crippen molar-refractivity contribution >= 4 is 11.8 Å². The third-order valence-electron chi connectivity index (χ3n) is 5.69. The summed E-state index contributed by atoms with van der Waals surface area (Å²) in [5.41, 5.74) is 3.24. The first-order valence-electron chi connectivity index (χ1n) is 9.82. The van der Waals surface area contributed by atoms with Crippen molar-refractivity contribution in [1.82, 2.24) is 25.2 Å². The second-order valence-electron chi connectivity index (χ2n) is 7.48. The molecule has 1 fully saturated rings. The Balaban J connectivity index is 1.50. The van der Waals surface area contributed by atoms with Crippen LogP contribution in [0.3, 0.4) is 0 Å². The molecular weight excluding hydrogens is 354 g/mol. The molecule has 2 amide bonds. The van der Waals surface area contributed by atoms with E-state index >= 15 is 0 Å². The quantitative estimate of drug-likeness (QED) is 0.798. The number of benzene rings is 1. The molecule has 2 atom stereocenters. The summed E-state index contributed by atoms with van der Waals surface area (Å²) in [5.74, 6) is -0.154. The molecule has 4 rings (SSSR count). The van der Waals surface area contributed by atoms with Gasteiger partial charge in [-0.3, -0.25) is 9.59 Å². The van der Waals surface area contributed by atoms with Crippen LogP contribution in [0.25, 0.3) is 0 Å². The van der Waals surface area contributed by atoms with E-state index in [0.717, 1.165) is 42.6 Å². The Morgan fingerprint density at radius 1 is 1.18 bits per heavy atom. The highest BCUT2D eigenvalue weighted by Crippen LogP contribution is 2.28. The molecule has 146 valence electrons. The summed E-state index contributed by atoms with van der Waals surface area (Å²) in [5, 5.41) is 11.4. The number of aryl methyl sites for hydroxylation is 1. The molecule has 0 radical (unpaired) electrons. The SMILES string of the molecule is C=CC(=O)N[C@@H]1CN(C(=O)Cn2nnc3c2CCCC3)C[C@H]1c1ccccc1. The van der Waals surface area contributed by atoms with Gasteiger partial charge in [-0.05, 0) is 37.3 Å². The molecule has 1 saturated heterocycles. The van der Waals surface area contributed by atoms with Crippen molar-refractivity contribution in [3.63, 3.8) is 0 Å². The van der Waals surface area contributed by atoms with Gasteiger partial charge in [-0.15, -0.1) is 5.10 Å². The number of nitrogens with zero attached hydrogens (tertiary/aromatic N) is 4. The summed E-state index contributed by atoms with van der Waals surface area (Å²) < 4.78 is 1.75. The molecular formula is C21H25N5O2. The number of amides is 2. The van der Waals surface area contributed by atoms with E-state index in [0.29, 0.717) is 13.1 Å². The second-order valence-corrected chi connectivity index (χ2v) is 7.48. The molecule has 7 nitrogen and oxygen atoms in total. The van der Waals surface area contributed by atoms with Crippen molar-refractivity contribution in [2.24, 2.45) is 0 Å². The number of hydrogen-bond acceptors (Lipinski definition) is 4. The van der Waals surface area contributed by atoms with E-state index in [4.69, 9.17) is 0 Å². The molecule has 2 aromatic rings. The first-order valence-corrected chi connectivity index (χ1v) is 9.82. The van der Waals surface area contributed by atoms with Crippen molar-refractivity contribution in [2.75, 3.05) is 13.1 Å². The summed E-state index contributed by atoms with van der Waals surface area (Å²) in [6.07, 6.45) is 5.40. The van der Waals surface area contributed by atoms with Gasteiger partial charge in [-0.1, -0.05) is 42.1 Å². The van der Waals surface area contributed by atoms with Crippen molar-refractivity contribution < 1.29 is 9.59 Å². The van der Waals surface area contributed by atoms with E-state index < -0.39 is 0 Å². The van der Waals surface area contributed by atoms with Gasteiger partial charge in [0.2, 0.25) is 11.8 Å². The van der Waals surface area contributed by atoms with Crippen molar-refractivity contribution in [3.8, 4) is 0 Å². The van der Waals surface area contributed by atoms with E-state index in [1.165, 1.54) is 6.08 Å². The lowest BCUT2D eigenvalue weighted by molar-refractivity contribution is -0.131. The van der Waals surface area contributed by atoms with Crippen LogP contribution in [0.1, 0.15) is 35.7 Å². The predicted molar refractivity (Wildman–Crippen MR) is 105 cm³/mol. The lowest BCUT2D eigenvalue weighted by Gasteiger charge is -2.18. The minimum Gasteiger partial charge on any atom is -0.347 e. The molecule has 1 N–H and O–H groups in total. The van der Waals surface area contributed by atoms with Gasteiger partial charge in [0.05, 0.1) is 17.4 Å². The van der Waals surface area contributed by atoms with E-state index in [1.54, 1.807) is 4.68 Å². The van der Waals surface area contributed by atoms with Crippen molar-refractivity contribution in [3.05, 3.63) is 59.9 Å². The molecule has 28 heavy (non-hydrogen) atoms. The van der Waals surface area contributed by atoms with Crippen molar-refractivity contribution in [2.45, 2.75) is 44.2 Å². The van der Waals surface area contributed by atoms with Crippen molar-refractivity contribution in [1.29, 1.82) is 0 Å². The number of aromatic nitrogens is 3. The minimum absolute atomic E-state index is 0.00885. The fourth-order valence-corrected chi connectivity index (χ4v) is 4.21. The van der Waals surface area contributed by atoms with Gasteiger partial charge in [-0.25, -0.2) is 4.68 Å².